The summed E-state index contributed by atoms with van der Waals surface area (Å²) in [5.41, 5.74) is 0.513. The highest BCUT2D eigenvalue weighted by molar-refractivity contribution is 5.38. The van der Waals surface area contributed by atoms with Crippen molar-refractivity contribution in [1.82, 2.24) is 14.3 Å². The van der Waals surface area contributed by atoms with Crippen LogP contribution in [0.5, 0.6) is 5.75 Å². The van der Waals surface area contributed by atoms with Gasteiger partial charge in [-0.1, -0.05) is 30.3 Å². The maximum Gasteiger partial charge on any atom is 0.573 e. The summed E-state index contributed by atoms with van der Waals surface area (Å²) in [7, 11) is 0. The minimum atomic E-state index is -5.00. The van der Waals surface area contributed by atoms with Gasteiger partial charge >= 0.3 is 12.1 Å². The van der Waals surface area contributed by atoms with Crippen LogP contribution in [-0.2, 0) is 6.42 Å². The van der Waals surface area contributed by atoms with E-state index in [1.165, 1.54) is 4.57 Å². The Labute approximate surface area is 150 Å². The average molecular weight is 379 g/mol. The van der Waals surface area contributed by atoms with Gasteiger partial charge in [-0.2, -0.15) is 4.68 Å². The van der Waals surface area contributed by atoms with Gasteiger partial charge in [0.05, 0.1) is 11.7 Å². The van der Waals surface area contributed by atoms with Gasteiger partial charge in [-0.15, -0.1) is 18.3 Å². The Morgan fingerprint density at radius 2 is 1.85 bits per heavy atom. The highest BCUT2D eigenvalue weighted by Crippen LogP contribution is 2.30. The van der Waals surface area contributed by atoms with Crippen molar-refractivity contribution >= 4 is 0 Å². The maximum atomic E-state index is 14.0. The Morgan fingerprint density at radius 3 is 2.52 bits per heavy atom. The number of aryl methyl sites for hydroxylation is 1. The zero-order chi connectivity index (χ0) is 19.2. The first-order chi connectivity index (χ1) is 12.8. The van der Waals surface area contributed by atoms with Crippen molar-refractivity contribution in [2.75, 3.05) is 0 Å². The van der Waals surface area contributed by atoms with E-state index in [0.29, 0.717) is 12.2 Å². The number of halogens is 4. The zero-order valence-electron chi connectivity index (χ0n) is 13.8. The molecule has 4 rings (SSSR count). The Kier molecular flexibility index (Phi) is 4.01. The predicted molar refractivity (Wildman–Crippen MR) is 87.4 cm³/mol. The molecule has 1 aliphatic heterocycles. The third kappa shape index (κ3) is 3.20. The molecule has 1 aliphatic rings. The average Bonchev–Trinajstić information content (AvgIpc) is 3.17. The van der Waals surface area contributed by atoms with Gasteiger partial charge < -0.3 is 4.74 Å². The van der Waals surface area contributed by atoms with E-state index >= 15 is 0 Å². The summed E-state index contributed by atoms with van der Waals surface area (Å²) < 4.78 is 56.9. The van der Waals surface area contributed by atoms with E-state index in [2.05, 4.69) is 9.84 Å². The van der Waals surface area contributed by atoms with E-state index in [-0.39, 0.29) is 11.7 Å². The first kappa shape index (κ1) is 17.3. The van der Waals surface area contributed by atoms with Crippen LogP contribution in [0.4, 0.5) is 17.6 Å². The van der Waals surface area contributed by atoms with Gasteiger partial charge in [0.25, 0.3) is 0 Å². The third-order valence-corrected chi connectivity index (χ3v) is 4.40. The molecule has 2 aromatic carbocycles. The molecule has 5 nitrogen and oxygen atoms in total. The van der Waals surface area contributed by atoms with Crippen LogP contribution in [0.25, 0.3) is 5.69 Å². The van der Waals surface area contributed by atoms with Crippen molar-refractivity contribution in [3.8, 4) is 11.4 Å². The molecule has 0 spiro atoms. The number of hydrogen-bond acceptors (Lipinski definition) is 3. The fraction of sp³-hybridized carbons (Fsp3) is 0.222. The highest BCUT2D eigenvalue weighted by Gasteiger charge is 2.33. The second-order valence-electron chi connectivity index (χ2n) is 6.11. The van der Waals surface area contributed by atoms with Crippen molar-refractivity contribution < 1.29 is 22.3 Å². The van der Waals surface area contributed by atoms with Gasteiger partial charge in [0.1, 0.15) is 5.82 Å². The summed E-state index contributed by atoms with van der Waals surface area (Å²) in [6.45, 7) is 0. The van der Waals surface area contributed by atoms with Crippen LogP contribution in [0.2, 0.25) is 0 Å². The van der Waals surface area contributed by atoms with Gasteiger partial charge in [0.15, 0.2) is 11.6 Å². The minimum Gasteiger partial charge on any atom is -0.403 e. The van der Waals surface area contributed by atoms with E-state index in [0.717, 1.165) is 34.9 Å². The smallest absolute Gasteiger partial charge is 0.403 e. The fourth-order valence-corrected chi connectivity index (χ4v) is 3.29. The number of aromatic nitrogens is 3. The minimum absolute atomic E-state index is 0.0285. The first-order valence-electron chi connectivity index (χ1n) is 8.14. The lowest BCUT2D eigenvalue weighted by atomic mass is 10.1. The monoisotopic (exact) mass is 379 g/mol. The lowest BCUT2D eigenvalue weighted by Gasteiger charge is -2.12. The first-order valence-corrected chi connectivity index (χ1v) is 8.14. The fourth-order valence-electron chi connectivity index (χ4n) is 3.29. The maximum absolute atomic E-state index is 14.0. The number of hydrogen-bond donors (Lipinski definition) is 0. The summed E-state index contributed by atoms with van der Waals surface area (Å²) in [6.07, 6.45) is -3.72. The Hall–Kier alpha value is -3.10. The predicted octanol–water partition coefficient (Wildman–Crippen LogP) is 3.61. The van der Waals surface area contributed by atoms with Gasteiger partial charge in [0, 0.05) is 12.5 Å². The second kappa shape index (κ2) is 6.26. The molecular formula is C18H13F4N3O2. The molecule has 0 unspecified atom stereocenters. The highest BCUT2D eigenvalue weighted by atomic mass is 19.4. The molecule has 0 saturated carbocycles. The molecule has 27 heavy (non-hydrogen) atoms. The van der Waals surface area contributed by atoms with Crippen molar-refractivity contribution in [2.45, 2.75) is 25.2 Å². The molecule has 0 bridgehead atoms. The molecule has 0 fully saturated rings. The van der Waals surface area contributed by atoms with Gasteiger partial charge in [-0.3, -0.25) is 4.57 Å². The molecule has 1 aromatic heterocycles. The van der Waals surface area contributed by atoms with Gasteiger partial charge in [-0.25, -0.2) is 9.18 Å². The standard InChI is InChI=1S/C18H13F4N3O2/c19-13-10-12(6-8-15(13)27-18(20,21)22)25-17(26)24-14(7-9-16(24)23-25)11-4-2-1-3-5-11/h1-6,8,10,14H,7,9H2/t14-/m0/s1. The Morgan fingerprint density at radius 1 is 1.11 bits per heavy atom. The largest absolute Gasteiger partial charge is 0.573 e. The lowest BCUT2D eigenvalue weighted by molar-refractivity contribution is -0.275. The van der Waals surface area contributed by atoms with Crippen molar-refractivity contribution in [3.05, 3.63) is 76.2 Å². The molecule has 1 atom stereocenters. The quantitative estimate of drug-likeness (QED) is 0.654. The topological polar surface area (TPSA) is 49.1 Å². The molecule has 140 valence electrons. The number of ether oxygens (including phenoxy) is 1. The molecular weight excluding hydrogens is 366 g/mol. The van der Waals surface area contributed by atoms with Crippen LogP contribution in [0, 0.1) is 5.82 Å². The Bertz CT molecular complexity index is 1040. The molecule has 3 aromatic rings. The number of fused-ring (bicyclic) bond motifs is 1. The lowest BCUT2D eigenvalue weighted by Crippen LogP contribution is -2.26. The summed E-state index contributed by atoms with van der Waals surface area (Å²) in [5, 5.41) is 4.22. The molecule has 0 radical (unpaired) electrons. The summed E-state index contributed by atoms with van der Waals surface area (Å²) in [6, 6.07) is 12.0. The van der Waals surface area contributed by atoms with Crippen LogP contribution in [0.3, 0.4) is 0 Å². The molecule has 0 saturated heterocycles. The van der Waals surface area contributed by atoms with E-state index in [9.17, 15) is 22.4 Å². The SMILES string of the molecule is O=c1n(-c2ccc(OC(F)(F)F)c(F)c2)nc2n1[C@H](c1ccccc1)CC2. The molecule has 0 aliphatic carbocycles. The van der Waals surface area contributed by atoms with Crippen molar-refractivity contribution in [3.63, 3.8) is 0 Å². The molecule has 0 amide bonds. The molecule has 2 heterocycles. The van der Waals surface area contributed by atoms with Crippen LogP contribution in [-0.4, -0.2) is 20.7 Å². The van der Waals surface area contributed by atoms with Crippen molar-refractivity contribution in [2.24, 2.45) is 0 Å². The third-order valence-electron chi connectivity index (χ3n) is 4.40. The number of benzene rings is 2. The Balaban J connectivity index is 1.71. The van der Waals surface area contributed by atoms with Crippen LogP contribution in [0.1, 0.15) is 23.9 Å². The van der Waals surface area contributed by atoms with E-state index in [4.69, 9.17) is 0 Å². The van der Waals surface area contributed by atoms with Crippen LogP contribution >= 0.6 is 0 Å². The van der Waals surface area contributed by atoms with Gasteiger partial charge in [0.2, 0.25) is 0 Å². The van der Waals surface area contributed by atoms with Crippen molar-refractivity contribution in [1.29, 1.82) is 0 Å². The zero-order valence-corrected chi connectivity index (χ0v) is 13.8. The second-order valence-corrected chi connectivity index (χ2v) is 6.11. The number of nitrogens with zero attached hydrogens (tertiary/aromatic N) is 3. The van der Waals surface area contributed by atoms with E-state index in [1.807, 2.05) is 30.3 Å². The van der Waals surface area contributed by atoms with E-state index < -0.39 is 23.6 Å². The van der Waals surface area contributed by atoms with Gasteiger partial charge in [-0.05, 0) is 24.1 Å². The summed E-state index contributed by atoms with van der Waals surface area (Å²) in [4.78, 5) is 12.8. The number of alkyl halides is 3. The number of rotatable bonds is 3. The van der Waals surface area contributed by atoms with E-state index in [1.54, 1.807) is 0 Å². The normalized spacial score (nSPS) is 16.4. The summed E-state index contributed by atoms with van der Waals surface area (Å²) >= 11 is 0. The molecule has 9 heteroatoms. The van der Waals surface area contributed by atoms with Crippen LogP contribution < -0.4 is 10.4 Å². The molecule has 0 N–H and O–H groups in total. The summed E-state index contributed by atoms with van der Waals surface area (Å²) in [5.74, 6) is -1.65. The van der Waals surface area contributed by atoms with Crippen LogP contribution in [0.15, 0.2) is 53.3 Å².